The van der Waals surface area contributed by atoms with E-state index in [-0.39, 0.29) is 10.8 Å². The van der Waals surface area contributed by atoms with E-state index >= 15 is 0 Å². The van der Waals surface area contributed by atoms with Gasteiger partial charge in [-0.25, -0.2) is 0 Å². The molecule has 4 nitrogen and oxygen atoms in total. The highest BCUT2D eigenvalue weighted by atomic mass is 32.2. The van der Waals surface area contributed by atoms with Crippen LogP contribution in [-0.2, 0) is 25.1 Å². The van der Waals surface area contributed by atoms with Gasteiger partial charge in [0, 0.05) is 5.92 Å². The quantitative estimate of drug-likeness (QED) is 0.224. The molecule has 0 heterocycles. The lowest BCUT2D eigenvalue weighted by molar-refractivity contribution is -0.0533. The van der Waals surface area contributed by atoms with E-state index in [1.165, 1.54) is 6.08 Å². The van der Waals surface area contributed by atoms with E-state index in [1.54, 1.807) is 0 Å². The summed E-state index contributed by atoms with van der Waals surface area (Å²) in [6.07, 6.45) is 4.83. The van der Waals surface area contributed by atoms with E-state index in [0.717, 1.165) is 18.4 Å². The average Bonchev–Trinajstić information content (AvgIpc) is 2.89. The molecule has 0 saturated heterocycles. The summed E-state index contributed by atoms with van der Waals surface area (Å²) in [5.74, 6) is -0.677. The molecule has 9 heteroatoms. The van der Waals surface area contributed by atoms with Gasteiger partial charge < -0.3 is 8.61 Å². The largest absolute Gasteiger partial charge is 0.534 e. The lowest BCUT2D eigenvalue weighted by Crippen LogP contribution is -2.46. The molecule has 0 unspecified atom stereocenters. The van der Waals surface area contributed by atoms with Crippen LogP contribution in [0, 0.1) is 5.92 Å². The summed E-state index contributed by atoms with van der Waals surface area (Å²) in [6, 6.07) is 9.80. The Hall–Kier alpha value is -1.32. The average molecular weight is 493 g/mol. The minimum Gasteiger partial charge on any atom is -0.413 e. The van der Waals surface area contributed by atoms with Crippen molar-refractivity contribution in [1.82, 2.24) is 0 Å². The minimum atomic E-state index is -5.73. The van der Waals surface area contributed by atoms with Crippen LogP contribution in [0.5, 0.6) is 0 Å². The van der Waals surface area contributed by atoms with E-state index in [9.17, 15) is 21.6 Å². The van der Waals surface area contributed by atoms with Crippen molar-refractivity contribution < 1.29 is 30.2 Å². The fourth-order valence-electron chi connectivity index (χ4n) is 3.54. The number of allylic oxidation sites excluding steroid dienone is 1. The number of halogens is 3. The number of benzene rings is 1. The SMILES string of the molecule is CC(C)(C)[Si](C)(C)O[C@H](CCc1ccccc1)[C@H]1CCCCC=C1OS(=O)(=O)C(F)(F)F. The molecule has 2 atom stereocenters. The van der Waals surface area contributed by atoms with Crippen molar-refractivity contribution in [3.05, 3.63) is 47.7 Å². The standard InChI is InChI=1S/C23H35F3O4SSi/c1-22(2,3)32(4,5)30-21(17-16-18-12-8-6-9-13-18)19-14-10-7-11-15-20(19)29-31(27,28)23(24,25)26/h6,8-9,12-13,15,19,21H,7,10-11,14,16-17H2,1-5H3/t19-,21+/m0/s1. The van der Waals surface area contributed by atoms with Crippen LogP contribution < -0.4 is 0 Å². The molecule has 0 N–H and O–H groups in total. The first-order chi connectivity index (χ1) is 14.6. The van der Waals surface area contributed by atoms with Crippen molar-refractivity contribution in [3.63, 3.8) is 0 Å². The molecule has 1 aliphatic rings. The highest BCUT2D eigenvalue weighted by Gasteiger charge is 2.50. The summed E-state index contributed by atoms with van der Waals surface area (Å²) in [6.45, 7) is 10.5. The molecule has 0 radical (unpaired) electrons. The first-order valence-corrected chi connectivity index (χ1v) is 15.4. The molecule has 1 aromatic carbocycles. The summed E-state index contributed by atoms with van der Waals surface area (Å²) in [5.41, 5.74) is -4.37. The molecule has 0 fully saturated rings. The first kappa shape index (κ1) is 26.9. The third kappa shape index (κ3) is 7.09. The van der Waals surface area contributed by atoms with Crippen LogP contribution in [0.4, 0.5) is 13.2 Å². The van der Waals surface area contributed by atoms with Gasteiger partial charge in [-0.3, -0.25) is 0 Å². The summed E-state index contributed by atoms with van der Waals surface area (Å²) in [5, 5.41) is -0.106. The predicted molar refractivity (Wildman–Crippen MR) is 123 cm³/mol. The third-order valence-electron chi connectivity index (χ3n) is 6.43. The van der Waals surface area contributed by atoms with E-state index in [2.05, 4.69) is 33.9 Å². The topological polar surface area (TPSA) is 52.6 Å². The van der Waals surface area contributed by atoms with Gasteiger partial charge in [0.05, 0.1) is 6.10 Å². The normalized spacial score (nSPS) is 19.8. The molecular weight excluding hydrogens is 457 g/mol. The van der Waals surface area contributed by atoms with Gasteiger partial charge in [-0.15, -0.1) is 0 Å². The van der Waals surface area contributed by atoms with Gasteiger partial charge in [0.1, 0.15) is 5.76 Å². The predicted octanol–water partition coefficient (Wildman–Crippen LogP) is 6.95. The molecular formula is C23H35F3O4SSi. The fourth-order valence-corrected chi connectivity index (χ4v) is 5.47. The number of aryl methyl sites for hydroxylation is 1. The number of hydrogen-bond acceptors (Lipinski definition) is 4. The zero-order valence-electron chi connectivity index (χ0n) is 19.5. The second-order valence-corrected chi connectivity index (χ2v) is 16.2. The summed E-state index contributed by atoms with van der Waals surface area (Å²) < 4.78 is 74.2. The zero-order chi connectivity index (χ0) is 24.2. The highest BCUT2D eigenvalue weighted by molar-refractivity contribution is 7.87. The van der Waals surface area contributed by atoms with E-state index < -0.39 is 36.0 Å². The van der Waals surface area contributed by atoms with Gasteiger partial charge in [-0.05, 0) is 61.9 Å². The van der Waals surface area contributed by atoms with Crippen LogP contribution >= 0.6 is 0 Å². The Morgan fingerprint density at radius 1 is 1.09 bits per heavy atom. The fraction of sp³-hybridized carbons (Fsp3) is 0.652. The van der Waals surface area contributed by atoms with Gasteiger partial charge in [0.15, 0.2) is 8.32 Å². The lowest BCUT2D eigenvalue weighted by Gasteiger charge is -2.41. The van der Waals surface area contributed by atoms with Crippen LogP contribution in [0.25, 0.3) is 0 Å². The molecule has 0 saturated carbocycles. The van der Waals surface area contributed by atoms with Gasteiger partial charge in [-0.1, -0.05) is 57.5 Å². The first-order valence-electron chi connectivity index (χ1n) is 11.1. The second kappa shape index (κ2) is 10.3. The molecule has 1 aromatic rings. The molecule has 2 rings (SSSR count). The summed E-state index contributed by atoms with van der Waals surface area (Å²) in [4.78, 5) is 0. The molecule has 182 valence electrons. The highest BCUT2D eigenvalue weighted by Crippen LogP contribution is 2.42. The molecule has 0 aromatic heterocycles. The van der Waals surface area contributed by atoms with E-state index in [4.69, 9.17) is 8.61 Å². The van der Waals surface area contributed by atoms with Crippen molar-refractivity contribution in [2.24, 2.45) is 5.92 Å². The smallest absolute Gasteiger partial charge is 0.413 e. The third-order valence-corrected chi connectivity index (χ3v) is 11.9. The Morgan fingerprint density at radius 2 is 1.72 bits per heavy atom. The molecule has 0 aliphatic heterocycles. The minimum absolute atomic E-state index is 0.106. The van der Waals surface area contributed by atoms with Crippen LogP contribution in [0.2, 0.25) is 18.1 Å². The van der Waals surface area contributed by atoms with E-state index in [0.29, 0.717) is 25.7 Å². The number of hydrogen-bond donors (Lipinski definition) is 0. The molecule has 0 bridgehead atoms. The Balaban J connectivity index is 2.38. The number of alkyl halides is 3. The molecule has 1 aliphatic carbocycles. The van der Waals surface area contributed by atoms with Crippen LogP contribution in [-0.4, -0.2) is 28.3 Å². The van der Waals surface area contributed by atoms with Crippen molar-refractivity contribution in [1.29, 1.82) is 0 Å². The Labute approximate surface area is 191 Å². The van der Waals surface area contributed by atoms with Crippen molar-refractivity contribution >= 4 is 18.4 Å². The van der Waals surface area contributed by atoms with Gasteiger partial charge in [-0.2, -0.15) is 21.6 Å². The molecule has 32 heavy (non-hydrogen) atoms. The van der Waals surface area contributed by atoms with Crippen molar-refractivity contribution in [2.45, 2.75) is 89.0 Å². The maximum Gasteiger partial charge on any atom is 0.534 e. The summed E-state index contributed by atoms with van der Waals surface area (Å²) >= 11 is 0. The maximum atomic E-state index is 13.1. The van der Waals surface area contributed by atoms with Crippen LogP contribution in [0.15, 0.2) is 42.2 Å². The maximum absolute atomic E-state index is 13.1. The van der Waals surface area contributed by atoms with E-state index in [1.807, 2.05) is 30.3 Å². The Kier molecular flexibility index (Phi) is 8.67. The van der Waals surface area contributed by atoms with Gasteiger partial charge >= 0.3 is 15.6 Å². The van der Waals surface area contributed by atoms with Crippen LogP contribution in [0.1, 0.15) is 58.4 Å². The Bertz CT molecular complexity index is 875. The van der Waals surface area contributed by atoms with Gasteiger partial charge in [0.25, 0.3) is 0 Å². The molecule has 0 amide bonds. The Morgan fingerprint density at radius 3 is 2.28 bits per heavy atom. The van der Waals surface area contributed by atoms with Crippen molar-refractivity contribution in [3.8, 4) is 0 Å². The second-order valence-electron chi connectivity index (χ2n) is 9.92. The van der Waals surface area contributed by atoms with Crippen LogP contribution in [0.3, 0.4) is 0 Å². The lowest BCUT2D eigenvalue weighted by atomic mass is 9.91. The zero-order valence-corrected chi connectivity index (χ0v) is 21.4. The van der Waals surface area contributed by atoms with Crippen molar-refractivity contribution in [2.75, 3.05) is 0 Å². The van der Waals surface area contributed by atoms with Gasteiger partial charge in [0.2, 0.25) is 0 Å². The number of rotatable bonds is 8. The monoisotopic (exact) mass is 492 g/mol. The molecule has 0 spiro atoms. The summed E-state index contributed by atoms with van der Waals surface area (Å²) in [7, 11) is -8.02.